The molecule has 1 atom stereocenters. The van der Waals surface area contributed by atoms with Gasteiger partial charge in [-0.3, -0.25) is 14.6 Å². The Morgan fingerprint density at radius 1 is 1.10 bits per heavy atom. The van der Waals surface area contributed by atoms with Crippen LogP contribution in [0.25, 0.3) is 5.76 Å². The number of hydrogen-bond acceptors (Lipinski definition) is 5. The molecule has 7 nitrogen and oxygen atoms in total. The van der Waals surface area contributed by atoms with Gasteiger partial charge in [0.2, 0.25) is 0 Å². The zero-order valence-electron chi connectivity index (χ0n) is 16.9. The van der Waals surface area contributed by atoms with Crippen LogP contribution in [0.3, 0.4) is 0 Å². The molecule has 0 bridgehead atoms. The van der Waals surface area contributed by atoms with Crippen molar-refractivity contribution in [3.63, 3.8) is 0 Å². The van der Waals surface area contributed by atoms with Crippen LogP contribution in [-0.2, 0) is 16.1 Å². The van der Waals surface area contributed by atoms with Gasteiger partial charge in [-0.05, 0) is 42.7 Å². The zero-order chi connectivity index (χ0) is 22.0. The highest BCUT2D eigenvalue weighted by Gasteiger charge is 2.45. The second-order valence-corrected chi connectivity index (χ2v) is 7.39. The van der Waals surface area contributed by atoms with Crippen LogP contribution in [0.5, 0.6) is 0 Å². The summed E-state index contributed by atoms with van der Waals surface area (Å²) in [6.45, 7) is 2.53. The lowest BCUT2D eigenvalue weighted by molar-refractivity contribution is -0.139. The molecule has 1 saturated heterocycles. The van der Waals surface area contributed by atoms with Gasteiger partial charge in [0.25, 0.3) is 11.7 Å². The number of aliphatic hydroxyl groups excluding tert-OH is 1. The molecule has 1 aliphatic heterocycles. The maximum absolute atomic E-state index is 14.1. The van der Waals surface area contributed by atoms with E-state index in [-0.39, 0.29) is 11.1 Å². The summed E-state index contributed by atoms with van der Waals surface area (Å²) in [7, 11) is 0. The van der Waals surface area contributed by atoms with E-state index in [4.69, 9.17) is 0 Å². The third-order valence-corrected chi connectivity index (χ3v) is 5.38. The summed E-state index contributed by atoms with van der Waals surface area (Å²) in [4.78, 5) is 35.2. The molecule has 0 aliphatic carbocycles. The first-order valence-corrected chi connectivity index (χ1v) is 9.88. The van der Waals surface area contributed by atoms with Crippen molar-refractivity contribution >= 4 is 17.4 Å². The second kappa shape index (κ2) is 8.51. The number of pyridine rings is 1. The van der Waals surface area contributed by atoms with Gasteiger partial charge in [0.1, 0.15) is 11.6 Å². The highest BCUT2D eigenvalue weighted by atomic mass is 19.1. The molecule has 4 rings (SSSR count). The highest BCUT2D eigenvalue weighted by Crippen LogP contribution is 2.39. The minimum absolute atomic E-state index is 0.0536. The maximum Gasteiger partial charge on any atom is 0.295 e. The number of aliphatic hydroxyl groups is 1. The summed E-state index contributed by atoms with van der Waals surface area (Å²) < 4.78 is 16.0. The molecule has 1 N–H and O–H groups in total. The minimum Gasteiger partial charge on any atom is -0.507 e. The first-order valence-electron chi connectivity index (χ1n) is 9.88. The molecule has 0 unspecified atom stereocenters. The molecule has 158 valence electrons. The molecule has 31 heavy (non-hydrogen) atoms. The molecule has 2 aromatic heterocycles. The molecular formula is C23H21FN4O3. The average molecular weight is 420 g/mol. The molecule has 0 radical (unpaired) electrons. The Balaban J connectivity index is 1.73. The van der Waals surface area contributed by atoms with Gasteiger partial charge in [0, 0.05) is 43.4 Å². The Bertz CT molecular complexity index is 1140. The number of amides is 1. The first kappa shape index (κ1) is 20.5. The number of carbonyl (C=O) groups excluding carboxylic acids is 2. The predicted octanol–water partition coefficient (Wildman–Crippen LogP) is 3.24. The number of aryl methyl sites for hydroxylation is 2. The molecule has 1 aliphatic rings. The Kier molecular flexibility index (Phi) is 5.62. The molecule has 3 heterocycles. The van der Waals surface area contributed by atoms with Crippen molar-refractivity contribution in [3.8, 4) is 0 Å². The summed E-state index contributed by atoms with van der Waals surface area (Å²) in [5, 5.41) is 10.9. The van der Waals surface area contributed by atoms with E-state index >= 15 is 0 Å². The third-order valence-electron chi connectivity index (χ3n) is 5.38. The highest BCUT2D eigenvalue weighted by molar-refractivity contribution is 6.46. The SMILES string of the molecule is Cc1ccc(C(O)=C2C(=O)C(=O)N(CCCn3ccnc3)[C@@H]2c2ccncc2)cc1F. The summed E-state index contributed by atoms with van der Waals surface area (Å²) in [5.74, 6) is -2.38. The third kappa shape index (κ3) is 3.96. The number of benzene rings is 1. The van der Waals surface area contributed by atoms with Gasteiger partial charge in [0.05, 0.1) is 17.9 Å². The van der Waals surface area contributed by atoms with Gasteiger partial charge in [-0.1, -0.05) is 12.1 Å². The van der Waals surface area contributed by atoms with E-state index in [1.54, 1.807) is 44.0 Å². The first-order chi connectivity index (χ1) is 15.0. The number of Topliss-reactive ketones (excluding diaryl/α,β-unsaturated/α-hetero) is 1. The fourth-order valence-corrected chi connectivity index (χ4v) is 3.74. The van der Waals surface area contributed by atoms with Crippen molar-refractivity contribution in [2.24, 2.45) is 0 Å². The normalized spacial score (nSPS) is 18.0. The number of aromatic nitrogens is 3. The van der Waals surface area contributed by atoms with Gasteiger partial charge in [-0.15, -0.1) is 0 Å². The maximum atomic E-state index is 14.1. The van der Waals surface area contributed by atoms with Gasteiger partial charge in [-0.25, -0.2) is 9.37 Å². The number of rotatable bonds is 6. The lowest BCUT2D eigenvalue weighted by Gasteiger charge is -2.25. The van der Waals surface area contributed by atoms with Crippen molar-refractivity contribution in [2.45, 2.75) is 25.9 Å². The molecule has 1 fully saturated rings. The fraction of sp³-hybridized carbons (Fsp3) is 0.217. The van der Waals surface area contributed by atoms with Crippen LogP contribution in [0.1, 0.15) is 29.2 Å². The van der Waals surface area contributed by atoms with Gasteiger partial charge in [-0.2, -0.15) is 0 Å². The molecule has 8 heteroatoms. The smallest absolute Gasteiger partial charge is 0.295 e. The van der Waals surface area contributed by atoms with Crippen LogP contribution in [0.15, 0.2) is 67.0 Å². The predicted molar refractivity (Wildman–Crippen MR) is 111 cm³/mol. The molecule has 0 spiro atoms. The molecule has 1 amide bonds. The van der Waals surface area contributed by atoms with Crippen molar-refractivity contribution in [3.05, 3.63) is 89.5 Å². The Labute approximate surface area is 178 Å². The Morgan fingerprint density at radius 3 is 2.55 bits per heavy atom. The minimum atomic E-state index is -0.789. The summed E-state index contributed by atoms with van der Waals surface area (Å²) in [6, 6.07) is 6.83. The topological polar surface area (TPSA) is 88.3 Å². The quantitative estimate of drug-likeness (QED) is 0.376. The molecular weight excluding hydrogens is 399 g/mol. The Hall–Kier alpha value is -3.81. The van der Waals surface area contributed by atoms with Crippen LogP contribution < -0.4 is 0 Å². The van der Waals surface area contributed by atoms with Gasteiger partial charge in [0.15, 0.2) is 0 Å². The zero-order valence-corrected chi connectivity index (χ0v) is 16.9. The summed E-state index contributed by atoms with van der Waals surface area (Å²) >= 11 is 0. The number of likely N-dealkylation sites (tertiary alicyclic amines) is 1. The lowest BCUT2D eigenvalue weighted by atomic mass is 9.95. The molecule has 1 aromatic carbocycles. The largest absolute Gasteiger partial charge is 0.507 e. The van der Waals surface area contributed by atoms with Gasteiger partial charge < -0.3 is 14.6 Å². The number of halogens is 1. The number of ketones is 1. The van der Waals surface area contributed by atoms with Gasteiger partial charge >= 0.3 is 0 Å². The van der Waals surface area contributed by atoms with E-state index in [9.17, 15) is 19.1 Å². The van der Waals surface area contributed by atoms with Crippen molar-refractivity contribution in [1.29, 1.82) is 0 Å². The fourth-order valence-electron chi connectivity index (χ4n) is 3.74. The molecule has 0 saturated carbocycles. The van der Waals surface area contributed by atoms with E-state index in [1.165, 1.54) is 23.1 Å². The van der Waals surface area contributed by atoms with E-state index in [1.807, 2.05) is 10.8 Å². The summed E-state index contributed by atoms with van der Waals surface area (Å²) in [5.41, 5.74) is 1.16. The standard InChI is InChI=1S/C23H21FN4O3/c1-15-3-4-17(13-18(15)24)21(29)19-20(16-5-7-25-8-6-16)28(23(31)22(19)30)11-2-10-27-12-9-26-14-27/h3-9,12-14,20,29H,2,10-11H2,1H3/t20-/m1/s1. The monoisotopic (exact) mass is 420 g/mol. The second-order valence-electron chi connectivity index (χ2n) is 7.39. The van der Waals surface area contributed by atoms with E-state index < -0.39 is 29.3 Å². The number of imidazole rings is 1. The lowest BCUT2D eigenvalue weighted by Crippen LogP contribution is -2.31. The number of hydrogen-bond donors (Lipinski definition) is 1. The van der Waals surface area contributed by atoms with E-state index in [0.717, 1.165) is 0 Å². The van der Waals surface area contributed by atoms with Crippen LogP contribution in [-0.4, -0.2) is 42.8 Å². The van der Waals surface area contributed by atoms with Crippen LogP contribution >= 0.6 is 0 Å². The summed E-state index contributed by atoms with van der Waals surface area (Å²) in [6.07, 6.45) is 8.88. The van der Waals surface area contributed by atoms with Crippen molar-refractivity contribution < 1.29 is 19.1 Å². The van der Waals surface area contributed by atoms with Crippen LogP contribution in [0.2, 0.25) is 0 Å². The molecule has 3 aromatic rings. The van der Waals surface area contributed by atoms with E-state index in [0.29, 0.717) is 30.6 Å². The van der Waals surface area contributed by atoms with E-state index in [2.05, 4.69) is 9.97 Å². The van der Waals surface area contributed by atoms with Crippen LogP contribution in [0.4, 0.5) is 4.39 Å². The Morgan fingerprint density at radius 2 is 1.87 bits per heavy atom. The number of carbonyl (C=O) groups is 2. The van der Waals surface area contributed by atoms with Crippen LogP contribution in [0, 0.1) is 12.7 Å². The number of nitrogens with zero attached hydrogens (tertiary/aromatic N) is 4. The van der Waals surface area contributed by atoms with Crippen molar-refractivity contribution in [2.75, 3.05) is 6.54 Å². The van der Waals surface area contributed by atoms with Crippen molar-refractivity contribution in [1.82, 2.24) is 19.4 Å². The average Bonchev–Trinajstić information content (AvgIpc) is 3.38.